The van der Waals surface area contributed by atoms with Crippen LogP contribution in [0.15, 0.2) is 42.6 Å². The van der Waals surface area contributed by atoms with Crippen molar-refractivity contribution in [1.82, 2.24) is 20.4 Å². The largest absolute Gasteiger partial charge is 0.347 e. The Morgan fingerprint density at radius 3 is 2.65 bits per heavy atom. The van der Waals surface area contributed by atoms with Crippen molar-refractivity contribution in [1.29, 1.82) is 0 Å². The predicted octanol–water partition coefficient (Wildman–Crippen LogP) is 4.03. The summed E-state index contributed by atoms with van der Waals surface area (Å²) in [5.41, 5.74) is 1.41. The Balaban J connectivity index is 1.55. The van der Waals surface area contributed by atoms with E-state index in [4.69, 9.17) is 11.6 Å². The fourth-order valence-corrected chi connectivity index (χ4v) is 4.23. The molecule has 1 aromatic heterocycles. The average Bonchev–Trinajstić information content (AvgIpc) is 3.08. The smallest absolute Gasteiger partial charge is 0.251 e. The zero-order chi connectivity index (χ0) is 22.1. The van der Waals surface area contributed by atoms with Crippen molar-refractivity contribution in [3.63, 3.8) is 0 Å². The van der Waals surface area contributed by atoms with Crippen LogP contribution in [0.5, 0.6) is 0 Å². The lowest BCUT2D eigenvalue weighted by Gasteiger charge is -2.33. The van der Waals surface area contributed by atoms with Gasteiger partial charge in [0.1, 0.15) is 5.82 Å². The van der Waals surface area contributed by atoms with Crippen LogP contribution < -0.4 is 10.6 Å². The van der Waals surface area contributed by atoms with Gasteiger partial charge in [0.05, 0.1) is 16.9 Å². The number of amides is 1. The Bertz CT molecular complexity index is 1110. The van der Waals surface area contributed by atoms with E-state index in [9.17, 15) is 18.0 Å². The number of carbonyl (C=O) groups is 1. The molecule has 0 saturated carbocycles. The fourth-order valence-electron chi connectivity index (χ4n) is 3.97. The van der Waals surface area contributed by atoms with Gasteiger partial charge in [-0.1, -0.05) is 17.7 Å². The number of halogens is 4. The van der Waals surface area contributed by atoms with Gasteiger partial charge in [-0.3, -0.25) is 9.48 Å². The highest BCUT2D eigenvalue weighted by atomic mass is 35.5. The maximum absolute atomic E-state index is 14.8. The Morgan fingerprint density at radius 1 is 1.16 bits per heavy atom. The van der Waals surface area contributed by atoms with E-state index in [-0.39, 0.29) is 23.1 Å². The van der Waals surface area contributed by atoms with Crippen LogP contribution in [0.4, 0.5) is 13.2 Å². The molecule has 31 heavy (non-hydrogen) atoms. The monoisotopic (exact) mass is 448 g/mol. The van der Waals surface area contributed by atoms with Gasteiger partial charge < -0.3 is 10.6 Å². The first-order chi connectivity index (χ1) is 14.8. The highest BCUT2D eigenvalue weighted by Gasteiger charge is 2.29. The van der Waals surface area contributed by atoms with Crippen LogP contribution in [0.3, 0.4) is 0 Å². The molecular weight excluding hydrogens is 429 g/mol. The van der Waals surface area contributed by atoms with Crippen LogP contribution in [0.2, 0.25) is 5.02 Å². The topological polar surface area (TPSA) is 59.0 Å². The maximum Gasteiger partial charge on any atom is 0.251 e. The minimum Gasteiger partial charge on any atom is -0.347 e. The first-order valence-corrected chi connectivity index (χ1v) is 10.2. The molecule has 1 amide bonds. The number of nitrogens with one attached hydrogen (secondary N) is 2. The highest BCUT2D eigenvalue weighted by Crippen LogP contribution is 2.30. The van der Waals surface area contributed by atoms with Gasteiger partial charge in [0.2, 0.25) is 0 Å². The Labute approximate surface area is 182 Å². The van der Waals surface area contributed by atoms with E-state index in [2.05, 4.69) is 15.7 Å². The van der Waals surface area contributed by atoms with Crippen LogP contribution in [-0.4, -0.2) is 34.8 Å². The zero-order valence-corrected chi connectivity index (χ0v) is 17.4. The van der Waals surface area contributed by atoms with E-state index in [1.807, 2.05) is 0 Å². The highest BCUT2D eigenvalue weighted by molar-refractivity contribution is 6.33. The van der Waals surface area contributed by atoms with Crippen molar-refractivity contribution >= 4 is 17.5 Å². The van der Waals surface area contributed by atoms with Crippen LogP contribution in [0.1, 0.15) is 28.3 Å². The predicted molar refractivity (Wildman–Crippen MR) is 111 cm³/mol. The second-order valence-electron chi connectivity index (χ2n) is 7.51. The van der Waals surface area contributed by atoms with Crippen molar-refractivity contribution < 1.29 is 18.0 Å². The molecule has 0 aliphatic carbocycles. The van der Waals surface area contributed by atoms with Crippen LogP contribution in [0, 0.1) is 17.5 Å². The first-order valence-electron chi connectivity index (χ1n) is 9.79. The molecule has 1 aliphatic rings. The van der Waals surface area contributed by atoms with Crippen LogP contribution >= 0.6 is 11.6 Å². The molecule has 9 heteroatoms. The number of benzene rings is 2. The van der Waals surface area contributed by atoms with E-state index >= 15 is 0 Å². The third-order valence-electron chi connectivity index (χ3n) is 5.55. The summed E-state index contributed by atoms with van der Waals surface area (Å²) in [6.45, 7) is 1.14. The summed E-state index contributed by atoms with van der Waals surface area (Å²) in [7, 11) is 1.65. The molecule has 1 fully saturated rings. The average molecular weight is 449 g/mol. The number of aryl methyl sites for hydroxylation is 1. The van der Waals surface area contributed by atoms with E-state index in [1.54, 1.807) is 7.05 Å². The first kappa shape index (κ1) is 21.4. The fraction of sp³-hybridized carbons (Fsp3) is 0.273. The Kier molecular flexibility index (Phi) is 6.02. The minimum absolute atomic E-state index is 0.147. The SMILES string of the molecule is Cn1ncc(Cl)c1-c1ccc(C(=O)N[C@@H]2CNCCC2c2ccc(F)c(F)c2)cc1F. The molecular formula is C22H20ClF3N4O. The van der Waals surface area contributed by atoms with Gasteiger partial charge in [0.15, 0.2) is 11.6 Å². The summed E-state index contributed by atoms with van der Waals surface area (Å²) in [6, 6.07) is 7.57. The van der Waals surface area contributed by atoms with Crippen molar-refractivity contribution in [2.45, 2.75) is 18.4 Å². The van der Waals surface area contributed by atoms with Gasteiger partial charge in [-0.05, 0) is 48.9 Å². The number of hydrogen-bond donors (Lipinski definition) is 2. The molecule has 5 nitrogen and oxygen atoms in total. The molecule has 2 N–H and O–H groups in total. The van der Waals surface area contributed by atoms with Gasteiger partial charge in [0, 0.05) is 36.7 Å². The van der Waals surface area contributed by atoms with Crippen molar-refractivity contribution in [3.05, 3.63) is 76.2 Å². The minimum atomic E-state index is -0.924. The number of carbonyl (C=O) groups excluding carboxylic acids is 1. The molecule has 4 rings (SSSR count). The quantitative estimate of drug-likeness (QED) is 0.633. The van der Waals surface area contributed by atoms with Gasteiger partial charge in [-0.2, -0.15) is 5.10 Å². The number of piperidine rings is 1. The molecule has 2 atom stereocenters. The van der Waals surface area contributed by atoms with E-state index in [0.717, 1.165) is 18.2 Å². The maximum atomic E-state index is 14.8. The summed E-state index contributed by atoms with van der Waals surface area (Å²) >= 11 is 6.09. The number of nitrogens with zero attached hydrogens (tertiary/aromatic N) is 2. The molecule has 2 heterocycles. The number of rotatable bonds is 4. The number of hydrogen-bond acceptors (Lipinski definition) is 3. The van der Waals surface area contributed by atoms with Gasteiger partial charge in [0.25, 0.3) is 5.91 Å². The van der Waals surface area contributed by atoms with Crippen molar-refractivity contribution in [3.8, 4) is 11.3 Å². The second-order valence-corrected chi connectivity index (χ2v) is 7.92. The lowest BCUT2D eigenvalue weighted by molar-refractivity contribution is 0.0924. The molecule has 162 valence electrons. The standard InChI is InChI=1S/C22H20ClF3N4O/c1-30-21(16(23)10-28-30)15-4-2-13(9-18(15)25)22(31)29-20-11-27-7-6-14(20)12-3-5-17(24)19(26)8-12/h2-5,8-10,14,20,27H,6-7,11H2,1H3,(H,29,31)/t14?,20-/m1/s1. The lowest BCUT2D eigenvalue weighted by Crippen LogP contribution is -2.50. The van der Waals surface area contributed by atoms with E-state index < -0.39 is 23.4 Å². The molecule has 1 saturated heterocycles. The van der Waals surface area contributed by atoms with Crippen molar-refractivity contribution in [2.24, 2.45) is 7.05 Å². The third kappa shape index (κ3) is 4.31. The molecule has 1 unspecified atom stereocenters. The third-order valence-corrected chi connectivity index (χ3v) is 5.83. The Morgan fingerprint density at radius 2 is 1.97 bits per heavy atom. The summed E-state index contributed by atoms with van der Waals surface area (Å²) in [4.78, 5) is 12.8. The van der Waals surface area contributed by atoms with Crippen LogP contribution in [0.25, 0.3) is 11.3 Å². The summed E-state index contributed by atoms with van der Waals surface area (Å²) in [5, 5.41) is 10.4. The summed E-state index contributed by atoms with van der Waals surface area (Å²) < 4.78 is 43.2. The Hall–Kier alpha value is -2.84. The van der Waals surface area contributed by atoms with Gasteiger partial charge in [-0.15, -0.1) is 0 Å². The second kappa shape index (κ2) is 8.72. The molecule has 3 aromatic rings. The molecule has 1 aliphatic heterocycles. The summed E-state index contributed by atoms with van der Waals surface area (Å²) in [6.07, 6.45) is 2.06. The van der Waals surface area contributed by atoms with Gasteiger partial charge >= 0.3 is 0 Å². The van der Waals surface area contributed by atoms with Gasteiger partial charge in [-0.25, -0.2) is 13.2 Å². The molecule has 2 aromatic carbocycles. The zero-order valence-electron chi connectivity index (χ0n) is 16.6. The van der Waals surface area contributed by atoms with Crippen molar-refractivity contribution in [2.75, 3.05) is 13.1 Å². The normalized spacial score (nSPS) is 18.7. The molecule has 0 bridgehead atoms. The molecule has 0 radical (unpaired) electrons. The van der Waals surface area contributed by atoms with E-state index in [0.29, 0.717) is 35.8 Å². The number of aromatic nitrogens is 2. The molecule has 0 spiro atoms. The summed E-state index contributed by atoms with van der Waals surface area (Å²) in [5.74, 6) is -3.09. The lowest BCUT2D eigenvalue weighted by atomic mass is 9.85. The van der Waals surface area contributed by atoms with E-state index in [1.165, 1.54) is 29.1 Å². The van der Waals surface area contributed by atoms with Crippen LogP contribution in [-0.2, 0) is 7.05 Å².